The number of hydrogen-bond acceptors (Lipinski definition) is 2. The second-order valence-electron chi connectivity index (χ2n) is 4.47. The van der Waals surface area contributed by atoms with Crippen molar-refractivity contribution in [3.05, 3.63) is 52.1 Å². The highest BCUT2D eigenvalue weighted by Gasteiger charge is 2.17. The largest absolute Gasteiger partial charge is 0.386 e. The van der Waals surface area contributed by atoms with Gasteiger partial charge in [-0.05, 0) is 24.1 Å². The first-order valence-electron chi connectivity index (χ1n) is 6.16. The van der Waals surface area contributed by atoms with E-state index in [-0.39, 0.29) is 11.4 Å². The summed E-state index contributed by atoms with van der Waals surface area (Å²) in [6, 6.07) is 6.63. The fourth-order valence-corrected chi connectivity index (χ4v) is 2.24. The molecule has 0 spiro atoms. The Morgan fingerprint density at radius 1 is 1.47 bits per heavy atom. The zero-order chi connectivity index (χ0) is 14.0. The summed E-state index contributed by atoms with van der Waals surface area (Å²) in [5.74, 6) is -0.471. The fourth-order valence-electron chi connectivity index (χ4n) is 2.05. The summed E-state index contributed by atoms with van der Waals surface area (Å²) in [5.41, 5.74) is 1.98. The molecular formula is C14H16ClFN2O. The maximum atomic E-state index is 13.8. The van der Waals surface area contributed by atoms with Crippen molar-refractivity contribution >= 4 is 11.6 Å². The molecule has 0 radical (unpaired) electrons. The third-order valence-corrected chi connectivity index (χ3v) is 3.41. The standard InChI is InChI=1S/C14H16ClFN2O/c1-3-10-8-12(18(2)17-10)13(19)7-9-5-4-6-11(15)14(9)16/h4-6,8,13,19H,3,7H2,1-2H3. The third-order valence-electron chi connectivity index (χ3n) is 3.12. The molecular weight excluding hydrogens is 267 g/mol. The lowest BCUT2D eigenvalue weighted by Crippen LogP contribution is -2.09. The van der Waals surface area contributed by atoms with Gasteiger partial charge < -0.3 is 5.11 Å². The number of aromatic nitrogens is 2. The second-order valence-corrected chi connectivity index (χ2v) is 4.88. The number of halogens is 2. The predicted molar refractivity (Wildman–Crippen MR) is 72.7 cm³/mol. The van der Waals surface area contributed by atoms with Crippen LogP contribution in [-0.4, -0.2) is 14.9 Å². The Morgan fingerprint density at radius 3 is 2.84 bits per heavy atom. The van der Waals surface area contributed by atoms with Crippen molar-refractivity contribution in [3.8, 4) is 0 Å². The van der Waals surface area contributed by atoms with Gasteiger partial charge in [0.1, 0.15) is 5.82 Å². The molecule has 2 rings (SSSR count). The number of aliphatic hydroxyl groups is 1. The lowest BCUT2D eigenvalue weighted by Gasteiger charge is -2.12. The van der Waals surface area contributed by atoms with E-state index in [0.29, 0.717) is 11.3 Å². The van der Waals surface area contributed by atoms with Gasteiger partial charge in [-0.1, -0.05) is 30.7 Å². The van der Waals surface area contributed by atoms with E-state index in [9.17, 15) is 9.50 Å². The third kappa shape index (κ3) is 2.96. The molecule has 1 aromatic carbocycles. The maximum absolute atomic E-state index is 13.8. The molecule has 102 valence electrons. The summed E-state index contributed by atoms with van der Waals surface area (Å²) in [4.78, 5) is 0. The van der Waals surface area contributed by atoms with Crippen LogP contribution in [0.15, 0.2) is 24.3 Å². The Kier molecular flexibility index (Phi) is 4.22. The average molecular weight is 283 g/mol. The number of hydrogen-bond donors (Lipinski definition) is 1. The molecule has 0 bridgehead atoms. The Morgan fingerprint density at radius 2 is 2.21 bits per heavy atom. The molecule has 0 aliphatic heterocycles. The highest BCUT2D eigenvalue weighted by Crippen LogP contribution is 2.24. The Labute approximate surface area is 116 Å². The summed E-state index contributed by atoms with van der Waals surface area (Å²) in [6.07, 6.45) is 0.173. The molecule has 1 N–H and O–H groups in total. The van der Waals surface area contributed by atoms with Gasteiger partial charge in [0.15, 0.2) is 0 Å². The highest BCUT2D eigenvalue weighted by molar-refractivity contribution is 6.30. The van der Waals surface area contributed by atoms with Gasteiger partial charge >= 0.3 is 0 Å². The van der Waals surface area contributed by atoms with E-state index in [1.807, 2.05) is 13.0 Å². The lowest BCUT2D eigenvalue weighted by molar-refractivity contribution is 0.167. The van der Waals surface area contributed by atoms with Gasteiger partial charge in [-0.25, -0.2) is 4.39 Å². The van der Waals surface area contributed by atoms with Gasteiger partial charge in [-0.3, -0.25) is 4.68 Å². The van der Waals surface area contributed by atoms with E-state index in [1.54, 1.807) is 23.9 Å². The fraction of sp³-hybridized carbons (Fsp3) is 0.357. The van der Waals surface area contributed by atoms with E-state index >= 15 is 0 Å². The van der Waals surface area contributed by atoms with Crippen LogP contribution < -0.4 is 0 Å². The van der Waals surface area contributed by atoms with E-state index < -0.39 is 11.9 Å². The molecule has 0 fully saturated rings. The summed E-state index contributed by atoms with van der Waals surface area (Å²) >= 11 is 5.73. The molecule has 1 atom stereocenters. The minimum Gasteiger partial charge on any atom is -0.386 e. The second kappa shape index (κ2) is 5.72. The molecule has 3 nitrogen and oxygen atoms in total. The highest BCUT2D eigenvalue weighted by atomic mass is 35.5. The van der Waals surface area contributed by atoms with Crippen LogP contribution in [0.2, 0.25) is 5.02 Å². The summed E-state index contributed by atoms with van der Waals surface area (Å²) in [7, 11) is 1.77. The van der Waals surface area contributed by atoms with Crippen molar-refractivity contribution in [2.24, 2.45) is 7.05 Å². The number of benzene rings is 1. The maximum Gasteiger partial charge on any atom is 0.145 e. The molecule has 0 aliphatic carbocycles. The molecule has 19 heavy (non-hydrogen) atoms. The zero-order valence-corrected chi connectivity index (χ0v) is 11.7. The van der Waals surface area contributed by atoms with Crippen molar-refractivity contribution in [2.75, 3.05) is 0 Å². The molecule has 0 amide bonds. The van der Waals surface area contributed by atoms with Crippen LogP contribution in [0.1, 0.15) is 30.0 Å². The van der Waals surface area contributed by atoms with Crippen LogP contribution in [0, 0.1) is 5.82 Å². The van der Waals surface area contributed by atoms with Crippen LogP contribution in [0.25, 0.3) is 0 Å². The van der Waals surface area contributed by atoms with Gasteiger partial charge in [-0.15, -0.1) is 0 Å². The Hall–Kier alpha value is -1.39. The summed E-state index contributed by atoms with van der Waals surface area (Å²) in [6.45, 7) is 2.00. The minimum atomic E-state index is -0.800. The smallest absolute Gasteiger partial charge is 0.145 e. The molecule has 1 unspecified atom stereocenters. The Bertz CT molecular complexity index is 583. The normalized spacial score (nSPS) is 12.7. The number of rotatable bonds is 4. The van der Waals surface area contributed by atoms with E-state index in [2.05, 4.69) is 5.10 Å². The van der Waals surface area contributed by atoms with Crippen molar-refractivity contribution in [3.63, 3.8) is 0 Å². The quantitative estimate of drug-likeness (QED) is 0.936. The van der Waals surface area contributed by atoms with Crippen LogP contribution >= 0.6 is 11.6 Å². The summed E-state index contributed by atoms with van der Waals surface area (Å²) in [5, 5.41) is 14.6. The number of nitrogens with zero attached hydrogens (tertiary/aromatic N) is 2. The summed E-state index contributed by atoms with van der Waals surface area (Å²) < 4.78 is 15.4. The van der Waals surface area contributed by atoms with Crippen LogP contribution in [-0.2, 0) is 19.9 Å². The Balaban J connectivity index is 2.22. The van der Waals surface area contributed by atoms with Crippen molar-refractivity contribution in [2.45, 2.75) is 25.9 Å². The van der Waals surface area contributed by atoms with E-state index in [0.717, 1.165) is 12.1 Å². The first-order valence-corrected chi connectivity index (χ1v) is 6.54. The SMILES string of the molecule is CCc1cc(C(O)Cc2cccc(Cl)c2F)n(C)n1. The van der Waals surface area contributed by atoms with Gasteiger partial charge in [0.05, 0.1) is 22.5 Å². The van der Waals surface area contributed by atoms with Crippen molar-refractivity contribution in [1.29, 1.82) is 0 Å². The number of aryl methyl sites for hydroxylation is 2. The minimum absolute atomic E-state index is 0.0731. The molecule has 2 aromatic rings. The molecule has 1 aromatic heterocycles. The van der Waals surface area contributed by atoms with E-state index in [1.165, 1.54) is 6.07 Å². The van der Waals surface area contributed by atoms with Crippen molar-refractivity contribution in [1.82, 2.24) is 9.78 Å². The van der Waals surface area contributed by atoms with E-state index in [4.69, 9.17) is 11.6 Å². The van der Waals surface area contributed by atoms with Gasteiger partial charge in [0.25, 0.3) is 0 Å². The van der Waals surface area contributed by atoms with Gasteiger partial charge in [0, 0.05) is 13.5 Å². The predicted octanol–water partition coefficient (Wildman–Crippen LogP) is 3.05. The zero-order valence-electron chi connectivity index (χ0n) is 10.9. The molecule has 0 saturated heterocycles. The van der Waals surface area contributed by atoms with Gasteiger partial charge in [-0.2, -0.15) is 5.10 Å². The molecule has 0 aliphatic rings. The van der Waals surface area contributed by atoms with Crippen LogP contribution in [0.5, 0.6) is 0 Å². The first-order chi connectivity index (χ1) is 9.02. The molecule has 0 saturated carbocycles. The van der Waals surface area contributed by atoms with Gasteiger partial charge in [0.2, 0.25) is 0 Å². The number of aliphatic hydroxyl groups excluding tert-OH is 1. The molecule has 1 heterocycles. The van der Waals surface area contributed by atoms with Crippen molar-refractivity contribution < 1.29 is 9.50 Å². The topological polar surface area (TPSA) is 38.0 Å². The van der Waals surface area contributed by atoms with Crippen LogP contribution in [0.3, 0.4) is 0 Å². The first kappa shape index (κ1) is 14.0. The monoisotopic (exact) mass is 282 g/mol. The lowest BCUT2D eigenvalue weighted by atomic mass is 10.0. The molecule has 5 heteroatoms. The average Bonchev–Trinajstić information content (AvgIpc) is 2.76. The van der Waals surface area contributed by atoms with Crippen LogP contribution in [0.4, 0.5) is 4.39 Å².